The van der Waals surface area contributed by atoms with E-state index in [1.54, 1.807) is 0 Å². The van der Waals surface area contributed by atoms with Crippen LogP contribution in [0, 0.1) is 0 Å². The number of Topliss-reactive ketones (excluding diaryl/α,β-unsaturated/α-hetero) is 1. The summed E-state index contributed by atoms with van der Waals surface area (Å²) in [5, 5.41) is 17.1. The number of hydrogen-bond acceptors (Lipinski definition) is 5. The summed E-state index contributed by atoms with van der Waals surface area (Å²) in [4.78, 5) is 21.0. The molecular weight excluding hydrogens is 164 g/mol. The lowest BCUT2D eigenvalue weighted by Gasteiger charge is -2.06. The van der Waals surface area contributed by atoms with Gasteiger partial charge in [0.25, 0.3) is 0 Å². The third-order valence-electron chi connectivity index (χ3n) is 1.04. The van der Waals surface area contributed by atoms with E-state index in [9.17, 15) is 9.59 Å². The molecule has 0 aliphatic carbocycles. The Balaban J connectivity index is 3.50. The zero-order chi connectivity index (χ0) is 9.56. The topological polar surface area (TPSA) is 83.8 Å². The van der Waals surface area contributed by atoms with Crippen molar-refractivity contribution in [2.24, 2.45) is 0 Å². The molecule has 5 nitrogen and oxygen atoms in total. The first-order valence-electron chi connectivity index (χ1n) is 3.50. The maximum Gasteiger partial charge on any atom is 0.313 e. The van der Waals surface area contributed by atoms with E-state index in [2.05, 4.69) is 4.74 Å². The summed E-state index contributed by atoms with van der Waals surface area (Å²) in [5.74, 6) is -0.978. The summed E-state index contributed by atoms with van der Waals surface area (Å²) in [6.45, 7) is 0.527. The van der Waals surface area contributed by atoms with Crippen molar-refractivity contribution in [2.75, 3.05) is 13.2 Å². The molecule has 0 aromatic rings. The molecule has 0 saturated carbocycles. The number of aliphatic hydroxyl groups excluding tert-OH is 2. The summed E-state index contributed by atoms with van der Waals surface area (Å²) in [7, 11) is 0. The van der Waals surface area contributed by atoms with E-state index in [4.69, 9.17) is 10.2 Å². The Morgan fingerprint density at radius 3 is 2.50 bits per heavy atom. The third-order valence-corrected chi connectivity index (χ3v) is 1.04. The second-order valence-corrected chi connectivity index (χ2v) is 2.40. The van der Waals surface area contributed by atoms with Gasteiger partial charge in [0.15, 0.2) is 0 Å². The van der Waals surface area contributed by atoms with E-state index < -0.39 is 18.7 Å². The van der Waals surface area contributed by atoms with Crippen LogP contribution in [0.2, 0.25) is 0 Å². The van der Waals surface area contributed by atoms with E-state index in [0.717, 1.165) is 0 Å². The SMILES string of the molecule is CC(=O)CC(=O)OCC(O)CO. The van der Waals surface area contributed by atoms with Crippen molar-refractivity contribution in [3.8, 4) is 0 Å². The fraction of sp³-hybridized carbons (Fsp3) is 0.714. The van der Waals surface area contributed by atoms with Gasteiger partial charge in [-0.2, -0.15) is 0 Å². The molecule has 0 rings (SSSR count). The lowest BCUT2D eigenvalue weighted by molar-refractivity contribution is -0.149. The Morgan fingerprint density at radius 1 is 1.50 bits per heavy atom. The number of esters is 1. The van der Waals surface area contributed by atoms with Gasteiger partial charge >= 0.3 is 5.97 Å². The Morgan fingerprint density at radius 2 is 2.08 bits per heavy atom. The predicted molar refractivity (Wildman–Crippen MR) is 39.3 cm³/mol. The summed E-state index contributed by atoms with van der Waals surface area (Å²) in [5.41, 5.74) is 0. The lowest BCUT2D eigenvalue weighted by Crippen LogP contribution is -2.22. The molecule has 70 valence electrons. The normalized spacial score (nSPS) is 12.2. The number of aliphatic hydroxyl groups is 2. The first kappa shape index (κ1) is 11.1. The van der Waals surface area contributed by atoms with Crippen LogP contribution in [-0.4, -0.2) is 41.3 Å². The molecule has 0 aliphatic heterocycles. The summed E-state index contributed by atoms with van der Waals surface area (Å²) in [6, 6.07) is 0. The minimum absolute atomic E-state index is 0.275. The van der Waals surface area contributed by atoms with Crippen LogP contribution in [0.4, 0.5) is 0 Å². The smallest absolute Gasteiger partial charge is 0.313 e. The molecule has 0 aliphatic rings. The largest absolute Gasteiger partial charge is 0.463 e. The molecule has 0 fully saturated rings. The van der Waals surface area contributed by atoms with E-state index in [1.165, 1.54) is 6.92 Å². The first-order chi connectivity index (χ1) is 5.56. The second kappa shape index (κ2) is 5.68. The Hall–Kier alpha value is -0.940. The van der Waals surface area contributed by atoms with Crippen LogP contribution in [0.3, 0.4) is 0 Å². The molecule has 0 aromatic carbocycles. The van der Waals surface area contributed by atoms with Crippen molar-refractivity contribution in [1.29, 1.82) is 0 Å². The van der Waals surface area contributed by atoms with Crippen LogP contribution in [0.15, 0.2) is 0 Å². The molecule has 0 saturated heterocycles. The predicted octanol–water partition coefficient (Wildman–Crippen LogP) is -1.14. The molecule has 0 aromatic heterocycles. The van der Waals surface area contributed by atoms with Crippen molar-refractivity contribution in [2.45, 2.75) is 19.4 Å². The maximum absolute atomic E-state index is 10.6. The minimum atomic E-state index is -1.07. The summed E-state index contributed by atoms with van der Waals surface area (Å²) < 4.78 is 4.44. The number of carbonyl (C=O) groups is 2. The Kier molecular flexibility index (Phi) is 5.23. The highest BCUT2D eigenvalue weighted by Crippen LogP contribution is 1.90. The van der Waals surface area contributed by atoms with Crippen LogP contribution >= 0.6 is 0 Å². The molecule has 0 amide bonds. The zero-order valence-corrected chi connectivity index (χ0v) is 6.82. The van der Waals surface area contributed by atoms with Gasteiger partial charge in [0.1, 0.15) is 24.9 Å². The Bertz CT molecular complexity index is 165. The van der Waals surface area contributed by atoms with Crippen LogP contribution in [0.5, 0.6) is 0 Å². The number of carbonyl (C=O) groups excluding carboxylic acids is 2. The second-order valence-electron chi connectivity index (χ2n) is 2.40. The molecule has 0 bridgehead atoms. The van der Waals surface area contributed by atoms with Crippen molar-refractivity contribution in [3.05, 3.63) is 0 Å². The van der Waals surface area contributed by atoms with E-state index in [0.29, 0.717) is 0 Å². The van der Waals surface area contributed by atoms with Crippen molar-refractivity contribution >= 4 is 11.8 Å². The molecule has 0 spiro atoms. The highest BCUT2D eigenvalue weighted by molar-refractivity contribution is 5.94. The van der Waals surface area contributed by atoms with Gasteiger partial charge in [0.2, 0.25) is 0 Å². The monoisotopic (exact) mass is 176 g/mol. The first-order valence-corrected chi connectivity index (χ1v) is 3.50. The van der Waals surface area contributed by atoms with Crippen LogP contribution in [0.25, 0.3) is 0 Å². The molecule has 12 heavy (non-hydrogen) atoms. The zero-order valence-electron chi connectivity index (χ0n) is 6.82. The van der Waals surface area contributed by atoms with Gasteiger partial charge in [-0.15, -0.1) is 0 Å². The Labute approximate surface area is 70.0 Å². The van der Waals surface area contributed by atoms with E-state index >= 15 is 0 Å². The van der Waals surface area contributed by atoms with Gasteiger partial charge in [-0.1, -0.05) is 0 Å². The fourth-order valence-corrected chi connectivity index (χ4v) is 0.496. The van der Waals surface area contributed by atoms with Gasteiger partial charge in [-0.3, -0.25) is 9.59 Å². The lowest BCUT2D eigenvalue weighted by atomic mass is 10.3. The summed E-state index contributed by atoms with van der Waals surface area (Å²) >= 11 is 0. The average molecular weight is 176 g/mol. The van der Waals surface area contributed by atoms with Crippen LogP contribution in [-0.2, 0) is 14.3 Å². The van der Waals surface area contributed by atoms with Crippen molar-refractivity contribution < 1.29 is 24.5 Å². The van der Waals surface area contributed by atoms with Crippen molar-refractivity contribution in [1.82, 2.24) is 0 Å². The molecule has 0 heterocycles. The van der Waals surface area contributed by atoms with Gasteiger partial charge in [-0.25, -0.2) is 0 Å². The maximum atomic E-state index is 10.6. The standard InChI is InChI=1S/C7H12O5/c1-5(9)2-7(11)12-4-6(10)3-8/h6,8,10H,2-4H2,1H3. The fourth-order valence-electron chi connectivity index (χ4n) is 0.496. The van der Waals surface area contributed by atoms with Gasteiger partial charge in [0.05, 0.1) is 6.61 Å². The minimum Gasteiger partial charge on any atom is -0.463 e. The third kappa shape index (κ3) is 5.82. The molecule has 5 heteroatoms. The van der Waals surface area contributed by atoms with Gasteiger partial charge in [0, 0.05) is 0 Å². The highest BCUT2D eigenvalue weighted by Gasteiger charge is 2.09. The molecule has 1 unspecified atom stereocenters. The molecule has 2 N–H and O–H groups in total. The van der Waals surface area contributed by atoms with Crippen LogP contribution < -0.4 is 0 Å². The summed E-state index contributed by atoms with van der Waals surface area (Å²) in [6.07, 6.45) is -1.36. The number of rotatable bonds is 5. The molecular formula is C7H12O5. The number of ketones is 1. The van der Waals surface area contributed by atoms with Gasteiger partial charge in [-0.05, 0) is 6.92 Å². The molecule has 0 radical (unpaired) electrons. The quantitative estimate of drug-likeness (QED) is 0.408. The number of hydrogen-bond donors (Lipinski definition) is 2. The van der Waals surface area contributed by atoms with Crippen molar-refractivity contribution in [3.63, 3.8) is 0 Å². The molecule has 1 atom stereocenters. The van der Waals surface area contributed by atoms with E-state index in [-0.39, 0.29) is 18.8 Å². The highest BCUT2D eigenvalue weighted by atomic mass is 16.5. The number of ether oxygens (including phenoxy) is 1. The van der Waals surface area contributed by atoms with Gasteiger partial charge < -0.3 is 14.9 Å². The van der Waals surface area contributed by atoms with E-state index in [1.807, 2.05) is 0 Å². The van der Waals surface area contributed by atoms with Crippen LogP contribution in [0.1, 0.15) is 13.3 Å². The average Bonchev–Trinajstić information content (AvgIpc) is 1.99.